The summed E-state index contributed by atoms with van der Waals surface area (Å²) in [6, 6.07) is -0.443. The molecule has 1 amide bonds. The molecule has 0 saturated heterocycles. The number of hydrogen-bond donors (Lipinski definition) is 2. The Kier molecular flexibility index (Phi) is 3.36. The average molecular weight is 211 g/mol. The summed E-state index contributed by atoms with van der Waals surface area (Å²) in [6.07, 6.45) is -3.21. The van der Waals surface area contributed by atoms with Crippen LogP contribution < -0.4 is 5.32 Å². The molecule has 1 saturated carbocycles. The van der Waals surface area contributed by atoms with E-state index in [2.05, 4.69) is 0 Å². The van der Waals surface area contributed by atoms with E-state index in [4.69, 9.17) is 5.11 Å². The lowest BCUT2D eigenvalue weighted by Crippen LogP contribution is -2.42. The van der Waals surface area contributed by atoms with Crippen molar-refractivity contribution >= 4 is 5.91 Å². The zero-order valence-electron chi connectivity index (χ0n) is 7.47. The second-order valence-electron chi connectivity index (χ2n) is 3.53. The van der Waals surface area contributed by atoms with Crippen LogP contribution in [-0.2, 0) is 4.79 Å². The van der Waals surface area contributed by atoms with E-state index in [0.29, 0.717) is 19.3 Å². The Morgan fingerprint density at radius 3 is 2.50 bits per heavy atom. The van der Waals surface area contributed by atoms with Crippen molar-refractivity contribution < 1.29 is 23.1 Å². The van der Waals surface area contributed by atoms with Gasteiger partial charge in [-0.05, 0) is 25.2 Å². The molecule has 0 heterocycles. The summed E-state index contributed by atoms with van der Waals surface area (Å²) in [7, 11) is 0. The lowest BCUT2D eigenvalue weighted by atomic mass is 10.1. The molecule has 0 aliphatic heterocycles. The fourth-order valence-corrected chi connectivity index (χ4v) is 1.64. The SMILES string of the molecule is O=C(N[C@H]1CC[C@@H](CO)C1)C(F)(F)F. The highest BCUT2D eigenvalue weighted by Gasteiger charge is 2.40. The van der Waals surface area contributed by atoms with Crippen molar-refractivity contribution in [1.82, 2.24) is 5.32 Å². The minimum absolute atomic E-state index is 0.0218. The predicted octanol–water partition coefficient (Wildman–Crippen LogP) is 0.826. The highest BCUT2D eigenvalue weighted by Crippen LogP contribution is 2.26. The van der Waals surface area contributed by atoms with Crippen LogP contribution in [-0.4, -0.2) is 29.8 Å². The lowest BCUT2D eigenvalue weighted by molar-refractivity contribution is -0.174. The molecule has 0 spiro atoms. The normalized spacial score (nSPS) is 27.7. The first-order chi connectivity index (χ1) is 6.43. The highest BCUT2D eigenvalue weighted by atomic mass is 19.4. The number of aliphatic hydroxyl groups excluding tert-OH is 1. The minimum atomic E-state index is -4.81. The molecule has 1 fully saturated rings. The van der Waals surface area contributed by atoms with Crippen LogP contribution in [0.5, 0.6) is 0 Å². The Hall–Kier alpha value is -0.780. The maximum atomic E-state index is 11.8. The number of hydrogen-bond acceptors (Lipinski definition) is 2. The standard InChI is InChI=1S/C8H12F3NO2/c9-8(10,11)7(14)12-6-2-1-5(3-6)4-13/h5-6,13H,1-4H2,(H,12,14)/t5-,6+/m1/s1. The van der Waals surface area contributed by atoms with Crippen molar-refractivity contribution in [2.24, 2.45) is 5.92 Å². The third kappa shape index (κ3) is 2.87. The molecule has 2 N–H and O–H groups in total. The summed E-state index contributed by atoms with van der Waals surface area (Å²) in [5.74, 6) is -1.87. The second-order valence-corrected chi connectivity index (χ2v) is 3.53. The van der Waals surface area contributed by atoms with Crippen molar-refractivity contribution in [1.29, 1.82) is 0 Å². The number of nitrogens with one attached hydrogen (secondary N) is 1. The molecular weight excluding hydrogens is 199 g/mol. The van der Waals surface area contributed by atoms with Gasteiger partial charge in [-0.25, -0.2) is 0 Å². The van der Waals surface area contributed by atoms with Crippen molar-refractivity contribution in [2.45, 2.75) is 31.5 Å². The highest BCUT2D eigenvalue weighted by molar-refractivity contribution is 5.81. The van der Waals surface area contributed by atoms with Crippen molar-refractivity contribution in [3.05, 3.63) is 0 Å². The Balaban J connectivity index is 2.36. The van der Waals surface area contributed by atoms with Crippen molar-refractivity contribution in [2.75, 3.05) is 6.61 Å². The van der Waals surface area contributed by atoms with Crippen LogP contribution in [0.1, 0.15) is 19.3 Å². The third-order valence-corrected chi connectivity index (χ3v) is 2.39. The number of aliphatic hydroxyl groups is 1. The van der Waals surface area contributed by atoms with Gasteiger partial charge in [0.15, 0.2) is 0 Å². The van der Waals surface area contributed by atoms with E-state index in [1.54, 1.807) is 0 Å². The number of halogens is 3. The Labute approximate surface area is 79.3 Å². The van der Waals surface area contributed by atoms with Crippen molar-refractivity contribution in [3.8, 4) is 0 Å². The van der Waals surface area contributed by atoms with Gasteiger partial charge in [-0.2, -0.15) is 13.2 Å². The van der Waals surface area contributed by atoms with E-state index >= 15 is 0 Å². The molecule has 3 nitrogen and oxygen atoms in total. The number of amides is 1. The van der Waals surface area contributed by atoms with Gasteiger partial charge in [0, 0.05) is 12.6 Å². The Morgan fingerprint density at radius 1 is 1.43 bits per heavy atom. The van der Waals surface area contributed by atoms with E-state index in [1.165, 1.54) is 0 Å². The number of rotatable bonds is 2. The van der Waals surface area contributed by atoms with E-state index in [0.717, 1.165) is 0 Å². The van der Waals surface area contributed by atoms with Crippen LogP contribution in [0.2, 0.25) is 0 Å². The quantitative estimate of drug-likeness (QED) is 0.710. The van der Waals surface area contributed by atoms with Gasteiger partial charge >= 0.3 is 12.1 Å². The zero-order valence-corrected chi connectivity index (χ0v) is 7.47. The summed E-state index contributed by atoms with van der Waals surface area (Å²) in [6.45, 7) is -0.0294. The summed E-state index contributed by atoms with van der Waals surface area (Å²) < 4.78 is 35.5. The molecule has 6 heteroatoms. The third-order valence-electron chi connectivity index (χ3n) is 2.39. The van der Waals surface area contributed by atoms with Crippen LogP contribution in [0.15, 0.2) is 0 Å². The number of carbonyl (C=O) groups excluding carboxylic acids is 1. The summed E-state index contributed by atoms with van der Waals surface area (Å²) in [4.78, 5) is 10.5. The maximum absolute atomic E-state index is 11.8. The first-order valence-electron chi connectivity index (χ1n) is 4.42. The second kappa shape index (κ2) is 4.16. The fourth-order valence-electron chi connectivity index (χ4n) is 1.64. The van der Waals surface area contributed by atoms with Gasteiger partial charge in [0.05, 0.1) is 0 Å². The molecule has 0 aromatic heterocycles. The van der Waals surface area contributed by atoms with E-state index < -0.39 is 18.1 Å². The average Bonchev–Trinajstić information content (AvgIpc) is 2.50. The molecule has 1 aliphatic carbocycles. The van der Waals surface area contributed by atoms with Gasteiger partial charge < -0.3 is 10.4 Å². The van der Waals surface area contributed by atoms with Crippen LogP contribution in [0.25, 0.3) is 0 Å². The predicted molar refractivity (Wildman–Crippen MR) is 42.4 cm³/mol. The molecule has 0 aromatic rings. The molecule has 1 rings (SSSR count). The molecular formula is C8H12F3NO2. The molecule has 0 unspecified atom stereocenters. The largest absolute Gasteiger partial charge is 0.471 e. The Bertz CT molecular complexity index is 217. The first kappa shape index (κ1) is 11.3. The van der Waals surface area contributed by atoms with Gasteiger partial charge in [0.1, 0.15) is 0 Å². The summed E-state index contributed by atoms with van der Waals surface area (Å²) >= 11 is 0. The summed E-state index contributed by atoms with van der Waals surface area (Å²) in [5.41, 5.74) is 0. The minimum Gasteiger partial charge on any atom is -0.396 e. The van der Waals surface area contributed by atoms with Gasteiger partial charge in [-0.3, -0.25) is 4.79 Å². The van der Waals surface area contributed by atoms with E-state index in [9.17, 15) is 18.0 Å². The van der Waals surface area contributed by atoms with E-state index in [1.807, 2.05) is 5.32 Å². The van der Waals surface area contributed by atoms with Gasteiger partial charge in [-0.15, -0.1) is 0 Å². The van der Waals surface area contributed by atoms with Crippen LogP contribution >= 0.6 is 0 Å². The molecule has 82 valence electrons. The molecule has 0 radical (unpaired) electrons. The number of carbonyl (C=O) groups is 1. The molecule has 2 atom stereocenters. The maximum Gasteiger partial charge on any atom is 0.471 e. The van der Waals surface area contributed by atoms with Crippen molar-refractivity contribution in [3.63, 3.8) is 0 Å². The van der Waals surface area contributed by atoms with Gasteiger partial charge in [-0.1, -0.05) is 0 Å². The van der Waals surface area contributed by atoms with Crippen LogP contribution in [0.4, 0.5) is 13.2 Å². The first-order valence-corrected chi connectivity index (χ1v) is 4.42. The van der Waals surface area contributed by atoms with Gasteiger partial charge in [0.25, 0.3) is 0 Å². The van der Waals surface area contributed by atoms with Crippen LogP contribution in [0, 0.1) is 5.92 Å². The van der Waals surface area contributed by atoms with Gasteiger partial charge in [0.2, 0.25) is 0 Å². The Morgan fingerprint density at radius 2 is 2.07 bits per heavy atom. The zero-order chi connectivity index (χ0) is 10.8. The molecule has 14 heavy (non-hydrogen) atoms. The van der Waals surface area contributed by atoms with E-state index in [-0.39, 0.29) is 12.5 Å². The molecule has 0 aromatic carbocycles. The monoisotopic (exact) mass is 211 g/mol. The molecule has 1 aliphatic rings. The number of alkyl halides is 3. The summed E-state index contributed by atoms with van der Waals surface area (Å²) in [5, 5.41) is 10.7. The lowest BCUT2D eigenvalue weighted by Gasteiger charge is -2.13. The topological polar surface area (TPSA) is 49.3 Å². The molecule has 0 bridgehead atoms. The smallest absolute Gasteiger partial charge is 0.396 e. The fraction of sp³-hybridized carbons (Fsp3) is 0.875. The van der Waals surface area contributed by atoms with Crippen LogP contribution in [0.3, 0.4) is 0 Å².